The molecule has 1 aliphatic rings. The number of anilines is 1. The molecule has 2 unspecified atom stereocenters. The molecule has 1 amide bonds. The standard InChI is InChI=1S/C29H25ClN4OS/c1-18(22-14-8-12-19-9-6-7-13-23(19)22)31-29(36)33-27-28(35)34(2)25-16-15-21(30)17-24(25)26(32-27)20-10-4-3-5-11-20/h3-18,27H,1-2H3,(H2,31,33,36). The number of amides is 1. The maximum atomic E-state index is 13.5. The molecule has 0 fully saturated rings. The molecule has 5 rings (SSSR count). The van der Waals surface area contributed by atoms with E-state index in [2.05, 4.69) is 34.9 Å². The maximum Gasteiger partial charge on any atom is 0.272 e. The first-order chi connectivity index (χ1) is 17.4. The Morgan fingerprint density at radius 2 is 1.72 bits per heavy atom. The van der Waals surface area contributed by atoms with Crippen molar-refractivity contribution in [3.8, 4) is 0 Å². The number of hydrogen-bond acceptors (Lipinski definition) is 3. The van der Waals surface area contributed by atoms with Crippen molar-refractivity contribution in [3.63, 3.8) is 0 Å². The molecule has 2 atom stereocenters. The number of benzodiazepines with no additional fused rings is 1. The van der Waals surface area contributed by atoms with Gasteiger partial charge in [-0.05, 0) is 53.7 Å². The van der Waals surface area contributed by atoms with Crippen molar-refractivity contribution in [3.05, 3.63) is 113 Å². The van der Waals surface area contributed by atoms with E-state index in [1.807, 2.05) is 67.6 Å². The second-order valence-corrected chi connectivity index (χ2v) is 9.56. The van der Waals surface area contributed by atoms with Gasteiger partial charge in [0.25, 0.3) is 5.91 Å². The van der Waals surface area contributed by atoms with Gasteiger partial charge in [-0.1, -0.05) is 84.4 Å². The minimum absolute atomic E-state index is 0.0803. The Balaban J connectivity index is 1.45. The molecule has 5 nitrogen and oxygen atoms in total. The predicted octanol–water partition coefficient (Wildman–Crippen LogP) is 5.86. The fraction of sp³-hybridized carbons (Fsp3) is 0.138. The summed E-state index contributed by atoms with van der Waals surface area (Å²) < 4.78 is 0. The summed E-state index contributed by atoms with van der Waals surface area (Å²) in [5.41, 5.74) is 4.21. The normalized spacial score (nSPS) is 16.1. The summed E-state index contributed by atoms with van der Waals surface area (Å²) in [6.45, 7) is 2.05. The third kappa shape index (κ3) is 4.70. The summed E-state index contributed by atoms with van der Waals surface area (Å²) in [7, 11) is 1.74. The van der Waals surface area contributed by atoms with Crippen molar-refractivity contribution in [2.45, 2.75) is 19.1 Å². The first-order valence-corrected chi connectivity index (χ1v) is 12.5. The molecule has 0 spiro atoms. The highest BCUT2D eigenvalue weighted by Crippen LogP contribution is 2.30. The second-order valence-electron chi connectivity index (χ2n) is 8.71. The molecule has 36 heavy (non-hydrogen) atoms. The predicted molar refractivity (Wildman–Crippen MR) is 152 cm³/mol. The van der Waals surface area contributed by atoms with Crippen LogP contribution in [0.2, 0.25) is 5.02 Å². The topological polar surface area (TPSA) is 56.7 Å². The Morgan fingerprint density at radius 1 is 1.00 bits per heavy atom. The zero-order chi connectivity index (χ0) is 25.2. The molecule has 4 aromatic rings. The largest absolute Gasteiger partial charge is 0.356 e. The number of likely N-dealkylation sites (N-methyl/N-ethyl adjacent to an activating group) is 1. The van der Waals surface area contributed by atoms with Crippen LogP contribution in [0.25, 0.3) is 10.8 Å². The molecular weight excluding hydrogens is 488 g/mol. The second kappa shape index (κ2) is 10.1. The number of halogens is 1. The molecule has 7 heteroatoms. The van der Waals surface area contributed by atoms with Gasteiger partial charge in [-0.2, -0.15) is 0 Å². The number of rotatable bonds is 4. The van der Waals surface area contributed by atoms with E-state index < -0.39 is 6.17 Å². The Hall–Kier alpha value is -3.74. The lowest BCUT2D eigenvalue weighted by atomic mass is 10.00. The van der Waals surface area contributed by atoms with Crippen LogP contribution in [0.5, 0.6) is 0 Å². The number of thiocarbonyl (C=S) groups is 1. The molecule has 0 aromatic heterocycles. The van der Waals surface area contributed by atoms with Crippen molar-refractivity contribution >= 4 is 57.0 Å². The molecule has 2 N–H and O–H groups in total. The first kappa shape index (κ1) is 24.0. The van der Waals surface area contributed by atoms with Crippen molar-refractivity contribution < 1.29 is 4.79 Å². The van der Waals surface area contributed by atoms with Gasteiger partial charge < -0.3 is 15.5 Å². The Kier molecular flexibility index (Phi) is 6.72. The van der Waals surface area contributed by atoms with Crippen LogP contribution in [-0.4, -0.2) is 29.9 Å². The quantitative estimate of drug-likeness (QED) is 0.336. The Bertz CT molecular complexity index is 1480. The fourth-order valence-corrected chi connectivity index (χ4v) is 5.00. The van der Waals surface area contributed by atoms with Crippen molar-refractivity contribution in [1.82, 2.24) is 10.6 Å². The molecule has 4 aromatic carbocycles. The van der Waals surface area contributed by atoms with E-state index in [0.717, 1.165) is 33.2 Å². The number of aliphatic imine (C=N–C) groups is 1. The van der Waals surface area contributed by atoms with E-state index in [0.29, 0.717) is 15.8 Å². The van der Waals surface area contributed by atoms with Crippen LogP contribution in [0.15, 0.2) is 96.0 Å². The van der Waals surface area contributed by atoms with E-state index in [9.17, 15) is 4.79 Å². The SMILES string of the molecule is CC(NC(=S)NC1N=C(c2ccccc2)c2cc(Cl)ccc2N(C)C1=O)c1cccc2ccccc12. The Labute approximate surface area is 220 Å². The van der Waals surface area contributed by atoms with E-state index >= 15 is 0 Å². The Morgan fingerprint density at radius 3 is 2.53 bits per heavy atom. The minimum Gasteiger partial charge on any atom is -0.356 e. The number of nitrogens with zero attached hydrogens (tertiary/aromatic N) is 2. The van der Waals surface area contributed by atoms with Gasteiger partial charge in [0.05, 0.1) is 17.4 Å². The summed E-state index contributed by atoms with van der Waals surface area (Å²) in [6, 6.07) is 29.6. The minimum atomic E-state index is -0.906. The lowest BCUT2D eigenvalue weighted by molar-refractivity contribution is -0.119. The van der Waals surface area contributed by atoms with Gasteiger partial charge in [-0.25, -0.2) is 4.99 Å². The zero-order valence-electron chi connectivity index (χ0n) is 19.9. The number of hydrogen-bond donors (Lipinski definition) is 2. The number of nitrogens with one attached hydrogen (secondary N) is 2. The summed E-state index contributed by atoms with van der Waals surface area (Å²) >= 11 is 12.0. The van der Waals surface area contributed by atoms with Gasteiger partial charge in [0.2, 0.25) is 6.17 Å². The van der Waals surface area contributed by atoms with Crippen LogP contribution in [0.3, 0.4) is 0 Å². The molecule has 0 radical (unpaired) electrons. The van der Waals surface area contributed by atoms with Crippen molar-refractivity contribution in [1.29, 1.82) is 0 Å². The number of carbonyl (C=O) groups excluding carboxylic acids is 1. The summed E-state index contributed by atoms with van der Waals surface area (Å²) in [5.74, 6) is -0.216. The van der Waals surface area contributed by atoms with Crippen LogP contribution < -0.4 is 15.5 Å². The summed E-state index contributed by atoms with van der Waals surface area (Å²) in [6.07, 6.45) is -0.906. The van der Waals surface area contributed by atoms with Gasteiger partial charge in [-0.3, -0.25) is 4.79 Å². The van der Waals surface area contributed by atoms with Gasteiger partial charge >= 0.3 is 0 Å². The smallest absolute Gasteiger partial charge is 0.272 e. The van der Waals surface area contributed by atoms with Crippen molar-refractivity contribution in [2.75, 3.05) is 11.9 Å². The van der Waals surface area contributed by atoms with Crippen molar-refractivity contribution in [2.24, 2.45) is 4.99 Å². The van der Waals surface area contributed by atoms with E-state index in [4.69, 9.17) is 28.8 Å². The van der Waals surface area contributed by atoms with E-state index in [1.54, 1.807) is 18.0 Å². The molecule has 1 aliphatic heterocycles. The molecule has 0 bridgehead atoms. The fourth-order valence-electron chi connectivity index (χ4n) is 4.53. The average molecular weight is 513 g/mol. The summed E-state index contributed by atoms with van der Waals surface area (Å²) in [5, 5.41) is 9.73. The van der Waals surface area contributed by atoms with Crippen LogP contribution in [0.4, 0.5) is 5.69 Å². The van der Waals surface area contributed by atoms with Gasteiger partial charge in [0.1, 0.15) is 0 Å². The third-order valence-corrected chi connectivity index (χ3v) is 6.82. The molecule has 1 heterocycles. The number of benzene rings is 4. The van der Waals surface area contributed by atoms with Crippen LogP contribution in [-0.2, 0) is 4.79 Å². The average Bonchev–Trinajstić information content (AvgIpc) is 2.99. The van der Waals surface area contributed by atoms with Gasteiger partial charge in [-0.15, -0.1) is 0 Å². The molecule has 180 valence electrons. The van der Waals surface area contributed by atoms with Crippen LogP contribution in [0.1, 0.15) is 29.7 Å². The monoisotopic (exact) mass is 512 g/mol. The highest BCUT2D eigenvalue weighted by atomic mass is 35.5. The van der Waals surface area contributed by atoms with E-state index in [-0.39, 0.29) is 11.9 Å². The van der Waals surface area contributed by atoms with Crippen LogP contribution >= 0.6 is 23.8 Å². The highest BCUT2D eigenvalue weighted by molar-refractivity contribution is 7.80. The third-order valence-electron chi connectivity index (χ3n) is 6.35. The molecule has 0 saturated heterocycles. The molecule has 0 aliphatic carbocycles. The first-order valence-electron chi connectivity index (χ1n) is 11.7. The maximum absolute atomic E-state index is 13.5. The van der Waals surface area contributed by atoms with Crippen LogP contribution in [0, 0.1) is 0 Å². The number of fused-ring (bicyclic) bond motifs is 2. The zero-order valence-corrected chi connectivity index (χ0v) is 21.5. The van der Waals surface area contributed by atoms with Gasteiger partial charge in [0, 0.05) is 23.2 Å². The van der Waals surface area contributed by atoms with E-state index in [1.165, 1.54) is 0 Å². The number of carbonyl (C=O) groups is 1. The summed E-state index contributed by atoms with van der Waals surface area (Å²) in [4.78, 5) is 19.9. The molecule has 0 saturated carbocycles. The molecular formula is C29H25ClN4OS. The lowest BCUT2D eigenvalue weighted by Gasteiger charge is -2.24. The van der Waals surface area contributed by atoms with Gasteiger partial charge in [0.15, 0.2) is 5.11 Å². The lowest BCUT2D eigenvalue weighted by Crippen LogP contribution is -2.49. The highest BCUT2D eigenvalue weighted by Gasteiger charge is 2.31.